The summed E-state index contributed by atoms with van der Waals surface area (Å²) in [7, 11) is 0. The summed E-state index contributed by atoms with van der Waals surface area (Å²) in [6, 6.07) is -3.17. The van der Waals surface area contributed by atoms with Gasteiger partial charge in [0.15, 0.2) is 5.78 Å². The summed E-state index contributed by atoms with van der Waals surface area (Å²) in [6.45, 7) is 1.89. The number of alkyl halides is 6. The van der Waals surface area contributed by atoms with E-state index >= 15 is 0 Å². The molecule has 0 aromatic rings. The van der Waals surface area contributed by atoms with Gasteiger partial charge in [-0.2, -0.15) is 13.2 Å². The molecule has 0 spiro atoms. The molecule has 1 rings (SSSR count). The Balaban J connectivity index is 3.02. The summed E-state index contributed by atoms with van der Waals surface area (Å²) in [5.74, 6) is -6.81. The molecule has 0 aromatic carbocycles. The number of Topliss-reactive ketones (excluding diaryl/α,β-unsaturated/α-hetero) is 1. The number of rotatable bonds is 10. The molecule has 1 aliphatic rings. The summed E-state index contributed by atoms with van der Waals surface area (Å²) in [5.41, 5.74) is -0.692. The molecule has 3 atom stereocenters. The van der Waals surface area contributed by atoms with Crippen LogP contribution in [0.5, 0.6) is 0 Å². The Kier molecular flexibility index (Phi) is 10.7. The highest BCUT2D eigenvalue weighted by atomic mass is 19.4. The third kappa shape index (κ3) is 12.2. The molecule has 0 radical (unpaired) electrons. The van der Waals surface area contributed by atoms with Gasteiger partial charge < -0.3 is 21.3 Å². The fourth-order valence-electron chi connectivity index (χ4n) is 3.26. The maximum atomic E-state index is 12.9. The van der Waals surface area contributed by atoms with Gasteiger partial charge in [0.2, 0.25) is 11.8 Å². The smallest absolute Gasteiger partial charge is 0.356 e. The van der Waals surface area contributed by atoms with Crippen LogP contribution in [0.3, 0.4) is 0 Å². The van der Waals surface area contributed by atoms with Gasteiger partial charge in [-0.15, -0.1) is 13.2 Å². The molecule has 4 amide bonds. The Morgan fingerprint density at radius 2 is 1.61 bits per heavy atom. The molecule has 0 aromatic heterocycles. The number of ketones is 1. The number of nitrogens with one attached hydrogen (secondary N) is 4. The van der Waals surface area contributed by atoms with E-state index in [0.29, 0.717) is 0 Å². The van der Waals surface area contributed by atoms with Crippen molar-refractivity contribution in [3.05, 3.63) is 0 Å². The fourth-order valence-corrected chi connectivity index (χ4v) is 3.26. The van der Waals surface area contributed by atoms with Crippen LogP contribution in [-0.4, -0.2) is 73.7 Å². The van der Waals surface area contributed by atoms with Gasteiger partial charge in [-0.05, 0) is 24.7 Å². The molecule has 16 heteroatoms. The van der Waals surface area contributed by atoms with Crippen molar-refractivity contribution >= 4 is 29.4 Å². The normalized spacial score (nSPS) is 18.1. The van der Waals surface area contributed by atoms with E-state index in [-0.39, 0.29) is 25.8 Å². The van der Waals surface area contributed by atoms with Crippen LogP contribution in [0.15, 0.2) is 0 Å². The number of ether oxygens (including phenoxy) is 1. The van der Waals surface area contributed by atoms with Gasteiger partial charge in [0.05, 0.1) is 6.04 Å². The van der Waals surface area contributed by atoms with E-state index in [1.165, 1.54) is 5.32 Å². The molecule has 0 aliphatic carbocycles. The monoisotopic (exact) mass is 534 g/mol. The Hall–Kier alpha value is -2.91. The highest BCUT2D eigenvalue weighted by Crippen LogP contribution is 2.23. The van der Waals surface area contributed by atoms with Gasteiger partial charge >= 0.3 is 24.4 Å². The number of carbonyl (C=O) groups is 5. The van der Waals surface area contributed by atoms with Crippen LogP contribution in [0, 0.1) is 11.3 Å². The first-order valence-corrected chi connectivity index (χ1v) is 10.7. The van der Waals surface area contributed by atoms with E-state index in [2.05, 4.69) is 15.4 Å². The summed E-state index contributed by atoms with van der Waals surface area (Å²) in [6.07, 6.45) is -10.2. The summed E-state index contributed by atoms with van der Waals surface area (Å²) in [5, 5.41) is 7.99. The van der Waals surface area contributed by atoms with Crippen molar-refractivity contribution in [1.29, 1.82) is 0 Å². The molecule has 0 bridgehead atoms. The number of hydrogen-bond acceptors (Lipinski definition) is 6. The molecule has 3 unspecified atom stereocenters. The van der Waals surface area contributed by atoms with E-state index in [0.717, 1.165) is 0 Å². The summed E-state index contributed by atoms with van der Waals surface area (Å²) >= 11 is 0. The van der Waals surface area contributed by atoms with Gasteiger partial charge in [0.1, 0.15) is 19.2 Å². The molecule has 1 saturated heterocycles. The van der Waals surface area contributed by atoms with Crippen LogP contribution in [0.1, 0.15) is 40.0 Å². The summed E-state index contributed by atoms with van der Waals surface area (Å²) < 4.78 is 77.6. The topological polar surface area (TPSA) is 143 Å². The lowest BCUT2D eigenvalue weighted by Crippen LogP contribution is -2.56. The van der Waals surface area contributed by atoms with Crippen LogP contribution in [-0.2, 0) is 28.7 Å². The number of carbonyl (C=O) groups excluding carboxylic acids is 5. The van der Waals surface area contributed by atoms with Gasteiger partial charge in [0.25, 0.3) is 0 Å². The highest BCUT2D eigenvalue weighted by Gasteiger charge is 2.37. The third-order valence-corrected chi connectivity index (χ3v) is 4.86. The quantitative estimate of drug-likeness (QED) is 0.240. The van der Waals surface area contributed by atoms with Crippen molar-refractivity contribution in [2.24, 2.45) is 11.3 Å². The van der Waals surface area contributed by atoms with Crippen molar-refractivity contribution < 1.29 is 55.1 Å². The van der Waals surface area contributed by atoms with E-state index in [1.54, 1.807) is 20.8 Å². The first-order valence-electron chi connectivity index (χ1n) is 10.7. The average molecular weight is 534 g/mol. The zero-order valence-electron chi connectivity index (χ0n) is 19.7. The van der Waals surface area contributed by atoms with Crippen LogP contribution < -0.4 is 21.3 Å². The van der Waals surface area contributed by atoms with Crippen LogP contribution in [0.2, 0.25) is 0 Å². The molecule has 36 heavy (non-hydrogen) atoms. The van der Waals surface area contributed by atoms with Crippen molar-refractivity contribution in [1.82, 2.24) is 21.3 Å². The van der Waals surface area contributed by atoms with E-state index in [1.807, 2.05) is 5.32 Å². The minimum absolute atomic E-state index is 0.166. The first-order chi connectivity index (χ1) is 16.3. The van der Waals surface area contributed by atoms with E-state index in [4.69, 9.17) is 0 Å². The molecule has 0 saturated carbocycles. The fraction of sp³-hybridized carbons (Fsp3) is 0.750. The number of hydrogen-bond donors (Lipinski definition) is 4. The standard InChI is InChI=1S/C20H28F6N4O6/c1-18(2,3)7-12(30-17(35)16(34)28-9-19(21,22)23)15(33)29-11(6-10-4-5-27-14(10)32)13(31)8-36-20(24,25)26/h10-12H,4-9H2,1-3H3,(H,27,32)(H,28,34)(H,29,33)(H,30,35). The number of halogens is 6. The molecule has 4 N–H and O–H groups in total. The van der Waals surface area contributed by atoms with Gasteiger partial charge in [-0.25, -0.2) is 0 Å². The molecule has 206 valence electrons. The molecular weight excluding hydrogens is 506 g/mol. The average Bonchev–Trinajstić information content (AvgIpc) is 3.11. The Labute approximate surface area is 202 Å². The van der Waals surface area contributed by atoms with Gasteiger partial charge in [-0.1, -0.05) is 20.8 Å². The zero-order chi connectivity index (χ0) is 27.9. The van der Waals surface area contributed by atoms with Gasteiger partial charge in [0, 0.05) is 12.5 Å². The minimum Gasteiger partial charge on any atom is -0.356 e. The zero-order valence-corrected chi connectivity index (χ0v) is 19.7. The maximum absolute atomic E-state index is 12.9. The molecule has 1 aliphatic heterocycles. The molecule has 1 fully saturated rings. The third-order valence-electron chi connectivity index (χ3n) is 4.86. The second-order valence-corrected chi connectivity index (χ2v) is 9.36. The van der Waals surface area contributed by atoms with Gasteiger partial charge in [-0.3, -0.25) is 28.7 Å². The van der Waals surface area contributed by atoms with Crippen LogP contribution in [0.25, 0.3) is 0 Å². The predicted octanol–water partition coefficient (Wildman–Crippen LogP) is 0.702. The molecular formula is C20H28F6N4O6. The Bertz CT molecular complexity index is 840. The van der Waals surface area contributed by atoms with E-state index < -0.39 is 78.5 Å². The predicted molar refractivity (Wildman–Crippen MR) is 110 cm³/mol. The van der Waals surface area contributed by atoms with Crippen molar-refractivity contribution in [3.8, 4) is 0 Å². The van der Waals surface area contributed by atoms with Crippen molar-refractivity contribution in [2.75, 3.05) is 19.7 Å². The largest absolute Gasteiger partial charge is 0.522 e. The molecule has 1 heterocycles. The van der Waals surface area contributed by atoms with Crippen molar-refractivity contribution in [3.63, 3.8) is 0 Å². The Morgan fingerprint density at radius 1 is 1.00 bits per heavy atom. The summed E-state index contributed by atoms with van der Waals surface area (Å²) in [4.78, 5) is 61.0. The van der Waals surface area contributed by atoms with E-state index in [9.17, 15) is 50.3 Å². The van der Waals surface area contributed by atoms with Crippen LogP contribution in [0.4, 0.5) is 26.3 Å². The highest BCUT2D eigenvalue weighted by molar-refractivity contribution is 6.35. The first kappa shape index (κ1) is 31.1. The maximum Gasteiger partial charge on any atom is 0.522 e. The number of amides is 4. The van der Waals surface area contributed by atoms with Crippen molar-refractivity contribution in [2.45, 2.75) is 64.7 Å². The lowest BCUT2D eigenvalue weighted by Gasteiger charge is -2.28. The minimum atomic E-state index is -5.14. The second-order valence-electron chi connectivity index (χ2n) is 9.36. The molecule has 10 nitrogen and oxygen atoms in total. The lowest BCUT2D eigenvalue weighted by molar-refractivity contribution is -0.321. The SMILES string of the molecule is CC(C)(C)CC(NC(=O)C(=O)NCC(F)(F)F)C(=O)NC(CC1CCNC1=O)C(=O)COC(F)(F)F. The lowest BCUT2D eigenvalue weighted by atomic mass is 9.87. The Morgan fingerprint density at radius 3 is 2.08 bits per heavy atom. The second kappa shape index (κ2) is 12.4. The van der Waals surface area contributed by atoms with Crippen LogP contribution >= 0.6 is 0 Å².